The van der Waals surface area contributed by atoms with Gasteiger partial charge >= 0.3 is 0 Å². The quantitative estimate of drug-likeness (QED) is 0.743. The predicted octanol–water partition coefficient (Wildman–Crippen LogP) is 3.69. The van der Waals surface area contributed by atoms with Gasteiger partial charge in [0.2, 0.25) is 0 Å². The molecule has 0 bridgehead atoms. The van der Waals surface area contributed by atoms with Crippen LogP contribution in [0.15, 0.2) is 65.1 Å². The number of aliphatic hydroxyl groups is 1. The summed E-state index contributed by atoms with van der Waals surface area (Å²) in [4.78, 5) is 12.1. The van der Waals surface area contributed by atoms with Crippen LogP contribution in [-0.4, -0.2) is 17.6 Å². The Balaban J connectivity index is 1.62. The van der Waals surface area contributed by atoms with Gasteiger partial charge in [0, 0.05) is 12.1 Å². The van der Waals surface area contributed by atoms with Gasteiger partial charge in [-0.3, -0.25) is 4.79 Å². The summed E-state index contributed by atoms with van der Waals surface area (Å²) in [5.41, 5.74) is 1.14. The van der Waals surface area contributed by atoms with Gasteiger partial charge in [-0.1, -0.05) is 12.1 Å². The Kier molecular flexibility index (Phi) is 4.90. The first kappa shape index (κ1) is 16.9. The molecule has 0 saturated heterocycles. The van der Waals surface area contributed by atoms with Gasteiger partial charge in [0.15, 0.2) is 5.76 Å². The van der Waals surface area contributed by atoms with E-state index < -0.39 is 17.8 Å². The van der Waals surface area contributed by atoms with Gasteiger partial charge in [0.25, 0.3) is 5.91 Å². The lowest BCUT2D eigenvalue weighted by atomic mass is 10.1. The molecule has 1 aromatic heterocycles. The maximum atomic E-state index is 12.9. The van der Waals surface area contributed by atoms with Crippen LogP contribution in [0.5, 0.6) is 0 Å². The van der Waals surface area contributed by atoms with Crippen LogP contribution in [0.4, 0.5) is 8.78 Å². The lowest BCUT2D eigenvalue weighted by Crippen LogP contribution is -2.28. The number of rotatable bonds is 5. The fourth-order valence-electron chi connectivity index (χ4n) is 2.31. The molecule has 1 atom stereocenters. The summed E-state index contributed by atoms with van der Waals surface area (Å²) in [5.74, 6) is -0.740. The largest absolute Gasteiger partial charge is 0.451 e. The number of furan rings is 1. The van der Waals surface area contributed by atoms with Gasteiger partial charge in [0.1, 0.15) is 17.4 Å². The summed E-state index contributed by atoms with van der Waals surface area (Å²) >= 11 is 0. The van der Waals surface area contributed by atoms with Crippen molar-refractivity contribution in [1.29, 1.82) is 0 Å². The second-order valence-electron chi connectivity index (χ2n) is 5.45. The Morgan fingerprint density at radius 2 is 1.56 bits per heavy atom. The standard InChI is InChI=1S/C19H15F2NO3/c20-14-5-1-12(2-6-14)16(23)11-22-19(24)18-10-9-17(25-18)13-3-7-15(21)8-4-13/h1-10,16,23H,11H2,(H,22,24). The fourth-order valence-corrected chi connectivity index (χ4v) is 2.31. The maximum absolute atomic E-state index is 12.9. The van der Waals surface area contributed by atoms with Gasteiger partial charge in [-0.15, -0.1) is 0 Å². The number of nitrogens with one attached hydrogen (secondary N) is 1. The first-order valence-electron chi connectivity index (χ1n) is 7.60. The monoisotopic (exact) mass is 343 g/mol. The van der Waals surface area contributed by atoms with Crippen molar-refractivity contribution in [2.75, 3.05) is 6.54 Å². The molecule has 0 spiro atoms. The summed E-state index contributed by atoms with van der Waals surface area (Å²) in [6, 6.07) is 14.2. The Bertz CT molecular complexity index is 857. The number of amides is 1. The minimum atomic E-state index is -0.962. The zero-order valence-corrected chi connectivity index (χ0v) is 13.1. The van der Waals surface area contributed by atoms with E-state index in [0.29, 0.717) is 16.9 Å². The zero-order chi connectivity index (χ0) is 17.8. The number of aliphatic hydroxyl groups excluding tert-OH is 1. The van der Waals surface area contributed by atoms with Crippen molar-refractivity contribution in [3.8, 4) is 11.3 Å². The van der Waals surface area contributed by atoms with Crippen molar-refractivity contribution >= 4 is 5.91 Å². The molecule has 1 amide bonds. The average Bonchev–Trinajstić information content (AvgIpc) is 3.11. The van der Waals surface area contributed by atoms with Crippen molar-refractivity contribution < 1.29 is 23.1 Å². The molecule has 2 N–H and O–H groups in total. The van der Waals surface area contributed by atoms with E-state index in [1.165, 1.54) is 42.5 Å². The minimum Gasteiger partial charge on any atom is -0.451 e. The maximum Gasteiger partial charge on any atom is 0.287 e. The summed E-state index contributed by atoms with van der Waals surface area (Å²) in [7, 11) is 0. The topological polar surface area (TPSA) is 62.5 Å². The summed E-state index contributed by atoms with van der Waals surface area (Å²) in [6.45, 7) is -0.0446. The molecular formula is C19H15F2NO3. The third kappa shape index (κ3) is 4.10. The van der Waals surface area contributed by atoms with Crippen LogP contribution < -0.4 is 5.32 Å². The second-order valence-corrected chi connectivity index (χ2v) is 5.45. The molecule has 0 saturated carbocycles. The molecule has 3 rings (SSSR count). The summed E-state index contributed by atoms with van der Waals surface area (Å²) in [5, 5.41) is 12.6. The van der Waals surface area contributed by atoms with Crippen LogP contribution in [0.2, 0.25) is 0 Å². The van der Waals surface area contributed by atoms with Crippen LogP contribution in [-0.2, 0) is 0 Å². The third-order valence-corrected chi connectivity index (χ3v) is 3.67. The molecule has 0 aliphatic rings. The lowest BCUT2D eigenvalue weighted by Gasteiger charge is -2.11. The van der Waals surface area contributed by atoms with Crippen LogP contribution >= 0.6 is 0 Å². The van der Waals surface area contributed by atoms with E-state index in [9.17, 15) is 18.7 Å². The Labute approximate surface area is 142 Å². The first-order valence-corrected chi connectivity index (χ1v) is 7.60. The van der Waals surface area contributed by atoms with E-state index in [-0.39, 0.29) is 18.1 Å². The SMILES string of the molecule is O=C(NCC(O)c1ccc(F)cc1)c1ccc(-c2ccc(F)cc2)o1. The molecule has 1 heterocycles. The van der Waals surface area contributed by atoms with Crippen LogP contribution in [0.1, 0.15) is 22.2 Å². The van der Waals surface area contributed by atoms with Crippen molar-refractivity contribution in [2.45, 2.75) is 6.10 Å². The van der Waals surface area contributed by atoms with E-state index in [1.54, 1.807) is 18.2 Å². The molecule has 0 aliphatic carbocycles. The van der Waals surface area contributed by atoms with Crippen molar-refractivity contribution in [2.24, 2.45) is 0 Å². The predicted molar refractivity (Wildman–Crippen MR) is 87.8 cm³/mol. The number of halogens is 2. The van der Waals surface area contributed by atoms with E-state index >= 15 is 0 Å². The third-order valence-electron chi connectivity index (χ3n) is 3.67. The van der Waals surface area contributed by atoms with Crippen LogP contribution in [0.3, 0.4) is 0 Å². The van der Waals surface area contributed by atoms with Gasteiger partial charge in [-0.2, -0.15) is 0 Å². The Morgan fingerprint density at radius 1 is 0.960 bits per heavy atom. The minimum absolute atomic E-state index is 0.0446. The Morgan fingerprint density at radius 3 is 2.20 bits per heavy atom. The molecule has 0 radical (unpaired) electrons. The van der Waals surface area contributed by atoms with E-state index in [4.69, 9.17) is 4.42 Å². The molecule has 128 valence electrons. The molecule has 1 unspecified atom stereocenters. The van der Waals surface area contributed by atoms with Crippen LogP contribution in [0.25, 0.3) is 11.3 Å². The van der Waals surface area contributed by atoms with Gasteiger partial charge in [-0.05, 0) is 54.1 Å². The number of benzene rings is 2. The lowest BCUT2D eigenvalue weighted by molar-refractivity contribution is 0.0890. The first-order chi connectivity index (χ1) is 12.0. The molecular weight excluding hydrogens is 328 g/mol. The molecule has 3 aromatic rings. The van der Waals surface area contributed by atoms with Crippen molar-refractivity contribution in [3.63, 3.8) is 0 Å². The number of carbonyl (C=O) groups excluding carboxylic acids is 1. The highest BCUT2D eigenvalue weighted by Crippen LogP contribution is 2.22. The zero-order valence-electron chi connectivity index (χ0n) is 13.1. The van der Waals surface area contributed by atoms with Gasteiger partial charge < -0.3 is 14.8 Å². The average molecular weight is 343 g/mol. The van der Waals surface area contributed by atoms with E-state index in [2.05, 4.69) is 5.32 Å². The highest BCUT2D eigenvalue weighted by molar-refractivity contribution is 5.92. The second kappa shape index (κ2) is 7.27. The number of carbonyl (C=O) groups is 1. The van der Waals surface area contributed by atoms with E-state index in [0.717, 1.165) is 0 Å². The van der Waals surface area contributed by atoms with E-state index in [1.807, 2.05) is 0 Å². The smallest absolute Gasteiger partial charge is 0.287 e. The van der Waals surface area contributed by atoms with Crippen LogP contribution in [0, 0.1) is 11.6 Å². The summed E-state index contributed by atoms with van der Waals surface area (Å²) < 4.78 is 31.3. The molecule has 4 nitrogen and oxygen atoms in total. The Hall–Kier alpha value is -2.99. The number of hydrogen-bond donors (Lipinski definition) is 2. The molecule has 0 fully saturated rings. The molecule has 2 aromatic carbocycles. The van der Waals surface area contributed by atoms with Crippen molar-refractivity contribution in [1.82, 2.24) is 5.32 Å². The molecule has 25 heavy (non-hydrogen) atoms. The molecule has 0 aliphatic heterocycles. The highest BCUT2D eigenvalue weighted by Gasteiger charge is 2.15. The number of hydrogen-bond acceptors (Lipinski definition) is 3. The normalized spacial score (nSPS) is 12.0. The summed E-state index contributed by atoms with van der Waals surface area (Å²) in [6.07, 6.45) is -0.962. The van der Waals surface area contributed by atoms with Crippen molar-refractivity contribution in [3.05, 3.63) is 83.6 Å². The fraction of sp³-hybridized carbons (Fsp3) is 0.105. The van der Waals surface area contributed by atoms with Gasteiger partial charge in [-0.25, -0.2) is 8.78 Å². The molecule has 6 heteroatoms. The van der Waals surface area contributed by atoms with Gasteiger partial charge in [0.05, 0.1) is 6.10 Å². The highest BCUT2D eigenvalue weighted by atomic mass is 19.1.